The first kappa shape index (κ1) is 11.7. The lowest BCUT2D eigenvalue weighted by molar-refractivity contribution is -0.142. The number of hydroxylamine groups is 1. The van der Waals surface area contributed by atoms with E-state index in [0.29, 0.717) is 11.6 Å². The number of hydrogen-bond donors (Lipinski definition) is 1. The average Bonchev–Trinajstić information content (AvgIpc) is 2.88. The van der Waals surface area contributed by atoms with Crippen LogP contribution in [0.1, 0.15) is 25.7 Å². The molecule has 0 unspecified atom stereocenters. The summed E-state index contributed by atoms with van der Waals surface area (Å²) in [5, 5.41) is 0. The van der Waals surface area contributed by atoms with Gasteiger partial charge >= 0.3 is 0 Å². The van der Waals surface area contributed by atoms with Crippen LogP contribution in [-0.4, -0.2) is 41.0 Å². The van der Waals surface area contributed by atoms with Gasteiger partial charge < -0.3 is 4.90 Å². The number of rotatable bonds is 4. The summed E-state index contributed by atoms with van der Waals surface area (Å²) in [4.78, 5) is 29.5. The summed E-state index contributed by atoms with van der Waals surface area (Å²) in [5.41, 5.74) is 2.43. The highest BCUT2D eigenvalue weighted by Gasteiger charge is 2.23. The fraction of sp³-hybridized carbons (Fsp3) is 0.800. The van der Waals surface area contributed by atoms with Gasteiger partial charge in [0.1, 0.15) is 6.54 Å². The minimum atomic E-state index is -0.234. The van der Waals surface area contributed by atoms with Gasteiger partial charge in [-0.15, -0.1) is 11.8 Å². The van der Waals surface area contributed by atoms with Crippen LogP contribution in [0.5, 0.6) is 0 Å². The Bertz CT molecular complexity index is 279. The summed E-state index contributed by atoms with van der Waals surface area (Å²) < 4.78 is 0. The first-order valence-corrected chi connectivity index (χ1v) is 6.71. The Kier molecular flexibility index (Phi) is 4.06. The van der Waals surface area contributed by atoms with Crippen LogP contribution in [0.3, 0.4) is 0 Å². The maximum atomic E-state index is 11.5. The summed E-state index contributed by atoms with van der Waals surface area (Å²) in [6.07, 6.45) is 4.52. The van der Waals surface area contributed by atoms with E-state index in [9.17, 15) is 9.59 Å². The predicted octanol–water partition coefficient (Wildman–Crippen LogP) is 0.510. The summed E-state index contributed by atoms with van der Waals surface area (Å²) in [5.74, 6) is 0.885. The normalized spacial score (nSPS) is 21.8. The van der Waals surface area contributed by atoms with Gasteiger partial charge in [0, 0.05) is 0 Å². The van der Waals surface area contributed by atoms with Crippen molar-refractivity contribution in [1.82, 2.24) is 10.4 Å². The maximum absolute atomic E-state index is 11.5. The third-order valence-corrected chi connectivity index (χ3v) is 3.75. The number of amides is 2. The largest absolute Gasteiger partial charge is 0.323 e. The molecule has 0 radical (unpaired) electrons. The van der Waals surface area contributed by atoms with Crippen LogP contribution in [0.2, 0.25) is 0 Å². The van der Waals surface area contributed by atoms with E-state index < -0.39 is 0 Å². The Balaban J connectivity index is 1.65. The standard InChI is InChI=1S/C10H16N2O3S/c13-9(5-12-7-16-6-10(12)14)11-15-8-3-1-2-4-8/h8H,1-7H2,(H,11,13). The van der Waals surface area contributed by atoms with Crippen LogP contribution in [-0.2, 0) is 14.4 Å². The lowest BCUT2D eigenvalue weighted by Gasteiger charge is -2.15. The van der Waals surface area contributed by atoms with Gasteiger partial charge in [0.15, 0.2) is 0 Å². The van der Waals surface area contributed by atoms with Gasteiger partial charge in [-0.2, -0.15) is 0 Å². The van der Waals surface area contributed by atoms with Crippen LogP contribution in [0.4, 0.5) is 0 Å². The molecule has 1 saturated carbocycles. The Labute approximate surface area is 98.8 Å². The minimum Gasteiger partial charge on any atom is -0.323 e. The topological polar surface area (TPSA) is 58.6 Å². The molecule has 0 aromatic heterocycles. The third-order valence-electron chi connectivity index (χ3n) is 2.80. The zero-order chi connectivity index (χ0) is 11.4. The molecule has 0 aromatic carbocycles. The Morgan fingerprint density at radius 2 is 2.25 bits per heavy atom. The van der Waals surface area contributed by atoms with E-state index in [0.717, 1.165) is 12.8 Å². The fourth-order valence-corrected chi connectivity index (χ4v) is 2.81. The van der Waals surface area contributed by atoms with Crippen LogP contribution >= 0.6 is 11.8 Å². The van der Waals surface area contributed by atoms with Crippen molar-refractivity contribution in [2.75, 3.05) is 18.2 Å². The lowest BCUT2D eigenvalue weighted by atomic mass is 10.3. The first-order chi connectivity index (χ1) is 7.75. The van der Waals surface area contributed by atoms with Gasteiger partial charge in [-0.05, 0) is 12.8 Å². The van der Waals surface area contributed by atoms with Gasteiger partial charge in [-0.1, -0.05) is 12.8 Å². The Morgan fingerprint density at radius 1 is 1.50 bits per heavy atom. The summed E-state index contributed by atoms with van der Waals surface area (Å²) in [7, 11) is 0. The van der Waals surface area contributed by atoms with E-state index in [1.807, 2.05) is 0 Å². The smallest absolute Gasteiger partial charge is 0.263 e. The van der Waals surface area contributed by atoms with Gasteiger partial charge in [-0.25, -0.2) is 5.48 Å². The van der Waals surface area contributed by atoms with Gasteiger partial charge in [0.2, 0.25) is 5.91 Å². The summed E-state index contributed by atoms with van der Waals surface area (Å²) in [6, 6.07) is 0. The van der Waals surface area contributed by atoms with Crippen LogP contribution in [0.15, 0.2) is 0 Å². The molecule has 2 fully saturated rings. The quantitative estimate of drug-likeness (QED) is 0.732. The zero-order valence-electron chi connectivity index (χ0n) is 9.11. The van der Waals surface area contributed by atoms with E-state index >= 15 is 0 Å². The first-order valence-electron chi connectivity index (χ1n) is 5.56. The van der Waals surface area contributed by atoms with Crippen LogP contribution in [0, 0.1) is 0 Å². The van der Waals surface area contributed by atoms with Crippen LogP contribution < -0.4 is 5.48 Å². The van der Waals surface area contributed by atoms with Crippen molar-refractivity contribution in [2.45, 2.75) is 31.8 Å². The van der Waals surface area contributed by atoms with E-state index in [2.05, 4.69) is 5.48 Å². The van der Waals surface area contributed by atoms with E-state index in [1.54, 1.807) is 0 Å². The monoisotopic (exact) mass is 244 g/mol. The molecule has 2 rings (SSSR count). The molecule has 0 aromatic rings. The van der Waals surface area contributed by atoms with E-state index in [1.165, 1.54) is 29.5 Å². The number of hydrogen-bond acceptors (Lipinski definition) is 4. The second-order valence-corrected chi connectivity index (χ2v) is 5.07. The van der Waals surface area contributed by atoms with E-state index in [-0.39, 0.29) is 24.5 Å². The number of thioether (sulfide) groups is 1. The van der Waals surface area contributed by atoms with Crippen molar-refractivity contribution in [3.8, 4) is 0 Å². The van der Waals surface area contributed by atoms with Crippen molar-refractivity contribution in [3.63, 3.8) is 0 Å². The zero-order valence-corrected chi connectivity index (χ0v) is 9.92. The van der Waals surface area contributed by atoms with Gasteiger partial charge in [-0.3, -0.25) is 14.4 Å². The predicted molar refractivity (Wildman–Crippen MR) is 60.5 cm³/mol. The average molecular weight is 244 g/mol. The molecule has 0 atom stereocenters. The van der Waals surface area contributed by atoms with Crippen molar-refractivity contribution in [2.24, 2.45) is 0 Å². The molecular formula is C10H16N2O3S. The van der Waals surface area contributed by atoms with Crippen molar-refractivity contribution in [1.29, 1.82) is 0 Å². The molecule has 1 heterocycles. The number of carbonyl (C=O) groups is 2. The molecule has 2 aliphatic rings. The SMILES string of the molecule is O=C(CN1CSCC1=O)NOC1CCCC1. The second kappa shape index (κ2) is 5.54. The summed E-state index contributed by atoms with van der Waals surface area (Å²) in [6.45, 7) is 0.110. The second-order valence-electron chi connectivity index (χ2n) is 4.12. The molecular weight excluding hydrogens is 228 g/mol. The highest BCUT2D eigenvalue weighted by molar-refractivity contribution is 8.00. The minimum absolute atomic E-state index is 0.0287. The fourth-order valence-electron chi connectivity index (χ4n) is 1.90. The molecule has 0 bridgehead atoms. The van der Waals surface area contributed by atoms with Gasteiger partial charge in [0.05, 0.1) is 17.7 Å². The van der Waals surface area contributed by atoms with E-state index in [4.69, 9.17) is 4.84 Å². The third kappa shape index (κ3) is 3.12. The van der Waals surface area contributed by atoms with Crippen molar-refractivity contribution < 1.29 is 14.4 Å². The molecule has 6 heteroatoms. The number of nitrogens with one attached hydrogen (secondary N) is 1. The highest BCUT2D eigenvalue weighted by atomic mass is 32.2. The number of nitrogens with zero attached hydrogens (tertiary/aromatic N) is 1. The molecule has 0 spiro atoms. The molecule has 90 valence electrons. The van der Waals surface area contributed by atoms with Crippen LogP contribution in [0.25, 0.3) is 0 Å². The molecule has 1 N–H and O–H groups in total. The number of carbonyl (C=O) groups excluding carboxylic acids is 2. The molecule has 16 heavy (non-hydrogen) atoms. The maximum Gasteiger partial charge on any atom is 0.263 e. The molecule has 1 aliphatic carbocycles. The lowest BCUT2D eigenvalue weighted by Crippen LogP contribution is -2.39. The molecule has 1 saturated heterocycles. The van der Waals surface area contributed by atoms with Crippen molar-refractivity contribution in [3.05, 3.63) is 0 Å². The summed E-state index contributed by atoms with van der Waals surface area (Å²) >= 11 is 1.53. The Morgan fingerprint density at radius 3 is 2.88 bits per heavy atom. The van der Waals surface area contributed by atoms with Crippen molar-refractivity contribution >= 4 is 23.6 Å². The molecule has 5 nitrogen and oxygen atoms in total. The van der Waals surface area contributed by atoms with Gasteiger partial charge in [0.25, 0.3) is 5.91 Å². The molecule has 1 aliphatic heterocycles. The Hall–Kier alpha value is -0.750. The highest BCUT2D eigenvalue weighted by Crippen LogP contribution is 2.20. The molecule has 2 amide bonds.